The smallest absolute Gasteiger partial charge is 0.121 e. The van der Waals surface area contributed by atoms with Gasteiger partial charge in [-0.15, -0.1) is 0 Å². The minimum Gasteiger partial charge on any atom is -0.497 e. The molecular formula is C14H15NO2. The highest BCUT2D eigenvalue weighted by atomic mass is 16.5. The molecular weight excluding hydrogens is 214 g/mol. The van der Waals surface area contributed by atoms with Crippen molar-refractivity contribution in [1.82, 2.24) is 0 Å². The van der Waals surface area contributed by atoms with E-state index < -0.39 is 0 Å². The van der Waals surface area contributed by atoms with Crippen LogP contribution in [0.3, 0.4) is 0 Å². The normalized spacial score (nSPS) is 10.0. The van der Waals surface area contributed by atoms with Crippen molar-refractivity contribution in [3.63, 3.8) is 0 Å². The Hall–Kier alpha value is -2.16. The van der Waals surface area contributed by atoms with Crippen LogP contribution in [0.25, 0.3) is 11.1 Å². The Morgan fingerprint density at radius 1 is 0.765 bits per heavy atom. The van der Waals surface area contributed by atoms with Crippen molar-refractivity contribution in [2.45, 2.75) is 0 Å². The fourth-order valence-corrected chi connectivity index (χ4v) is 1.69. The summed E-state index contributed by atoms with van der Waals surface area (Å²) < 4.78 is 10.3. The molecule has 2 aromatic rings. The summed E-state index contributed by atoms with van der Waals surface area (Å²) in [5.41, 5.74) is 8.63. The summed E-state index contributed by atoms with van der Waals surface area (Å²) in [6, 6.07) is 13.5. The molecule has 0 amide bonds. The second-order valence-electron chi connectivity index (χ2n) is 3.72. The van der Waals surface area contributed by atoms with Crippen LogP contribution in [0.5, 0.6) is 11.5 Å². The third kappa shape index (κ3) is 2.50. The standard InChI is InChI=1S/C14H15NO2/c1-16-13-5-3-10(4-6-13)11-7-12(15)9-14(8-11)17-2/h3-9H,15H2,1-2H3. The lowest BCUT2D eigenvalue weighted by Gasteiger charge is -2.07. The first-order chi connectivity index (χ1) is 8.22. The molecule has 0 aliphatic heterocycles. The molecule has 2 rings (SSSR count). The van der Waals surface area contributed by atoms with Gasteiger partial charge in [-0.3, -0.25) is 0 Å². The summed E-state index contributed by atoms with van der Waals surface area (Å²) in [5, 5.41) is 0. The Labute approximate surface area is 101 Å². The zero-order valence-corrected chi connectivity index (χ0v) is 9.94. The van der Waals surface area contributed by atoms with Gasteiger partial charge in [-0.05, 0) is 35.4 Å². The van der Waals surface area contributed by atoms with Crippen LogP contribution in [0.4, 0.5) is 5.69 Å². The Bertz CT molecular complexity index is 506. The molecule has 0 aromatic heterocycles. The molecule has 0 radical (unpaired) electrons. The second-order valence-corrected chi connectivity index (χ2v) is 3.72. The van der Waals surface area contributed by atoms with Gasteiger partial charge in [0.05, 0.1) is 14.2 Å². The van der Waals surface area contributed by atoms with E-state index in [1.165, 1.54) is 0 Å². The average Bonchev–Trinajstić information content (AvgIpc) is 2.38. The number of benzene rings is 2. The van der Waals surface area contributed by atoms with Gasteiger partial charge >= 0.3 is 0 Å². The summed E-state index contributed by atoms with van der Waals surface area (Å²) in [7, 11) is 3.28. The summed E-state index contributed by atoms with van der Waals surface area (Å²) in [5.74, 6) is 1.60. The minimum absolute atomic E-state index is 0.690. The number of rotatable bonds is 3. The third-order valence-corrected chi connectivity index (χ3v) is 2.59. The van der Waals surface area contributed by atoms with E-state index in [0.717, 1.165) is 22.6 Å². The van der Waals surface area contributed by atoms with E-state index in [-0.39, 0.29) is 0 Å². The number of ether oxygens (including phenoxy) is 2. The average molecular weight is 229 g/mol. The van der Waals surface area contributed by atoms with E-state index in [9.17, 15) is 0 Å². The maximum Gasteiger partial charge on any atom is 0.121 e. The fourth-order valence-electron chi connectivity index (χ4n) is 1.69. The SMILES string of the molecule is COc1ccc(-c2cc(N)cc(OC)c2)cc1. The van der Waals surface area contributed by atoms with Gasteiger partial charge < -0.3 is 15.2 Å². The van der Waals surface area contributed by atoms with Crippen LogP contribution in [-0.4, -0.2) is 14.2 Å². The second kappa shape index (κ2) is 4.78. The third-order valence-electron chi connectivity index (χ3n) is 2.59. The van der Waals surface area contributed by atoms with Crippen LogP contribution in [0, 0.1) is 0 Å². The largest absolute Gasteiger partial charge is 0.497 e. The number of nitrogen functional groups attached to an aromatic ring is 1. The molecule has 0 unspecified atom stereocenters. The molecule has 0 aliphatic rings. The van der Waals surface area contributed by atoms with E-state index in [4.69, 9.17) is 15.2 Å². The number of nitrogens with two attached hydrogens (primary N) is 1. The summed E-state index contributed by atoms with van der Waals surface area (Å²) in [4.78, 5) is 0. The lowest BCUT2D eigenvalue weighted by molar-refractivity contribution is 0.415. The lowest BCUT2D eigenvalue weighted by atomic mass is 10.0. The van der Waals surface area contributed by atoms with E-state index in [2.05, 4.69) is 0 Å². The molecule has 17 heavy (non-hydrogen) atoms. The quantitative estimate of drug-likeness (QED) is 0.823. The first-order valence-corrected chi connectivity index (χ1v) is 5.32. The van der Waals surface area contributed by atoms with Crippen molar-refractivity contribution in [2.24, 2.45) is 0 Å². The van der Waals surface area contributed by atoms with E-state index >= 15 is 0 Å². The van der Waals surface area contributed by atoms with Crippen LogP contribution >= 0.6 is 0 Å². The molecule has 0 bridgehead atoms. The molecule has 0 saturated heterocycles. The first-order valence-electron chi connectivity index (χ1n) is 5.32. The van der Waals surface area contributed by atoms with Crippen molar-refractivity contribution in [2.75, 3.05) is 20.0 Å². The van der Waals surface area contributed by atoms with Crippen LogP contribution in [0.15, 0.2) is 42.5 Å². The molecule has 0 aliphatic carbocycles. The van der Waals surface area contributed by atoms with Crippen LogP contribution < -0.4 is 15.2 Å². The number of hydrogen-bond acceptors (Lipinski definition) is 3. The van der Waals surface area contributed by atoms with Crippen LogP contribution in [0.1, 0.15) is 0 Å². The Balaban J connectivity index is 2.41. The molecule has 0 fully saturated rings. The molecule has 0 heterocycles. The Morgan fingerprint density at radius 3 is 2.00 bits per heavy atom. The molecule has 0 atom stereocenters. The first kappa shape index (κ1) is 11.3. The molecule has 2 N–H and O–H groups in total. The van der Waals surface area contributed by atoms with Gasteiger partial charge in [0.2, 0.25) is 0 Å². The Morgan fingerprint density at radius 2 is 1.41 bits per heavy atom. The number of hydrogen-bond donors (Lipinski definition) is 1. The highest BCUT2D eigenvalue weighted by molar-refractivity contribution is 5.70. The molecule has 3 heteroatoms. The maximum atomic E-state index is 5.82. The molecule has 2 aromatic carbocycles. The lowest BCUT2D eigenvalue weighted by Crippen LogP contribution is -1.90. The maximum absolute atomic E-state index is 5.82. The highest BCUT2D eigenvalue weighted by Gasteiger charge is 2.02. The topological polar surface area (TPSA) is 44.5 Å². The molecule has 0 spiro atoms. The van der Waals surface area contributed by atoms with E-state index in [1.54, 1.807) is 20.3 Å². The fraction of sp³-hybridized carbons (Fsp3) is 0.143. The van der Waals surface area contributed by atoms with Crippen molar-refractivity contribution < 1.29 is 9.47 Å². The van der Waals surface area contributed by atoms with Crippen LogP contribution in [-0.2, 0) is 0 Å². The number of anilines is 1. The molecule has 3 nitrogen and oxygen atoms in total. The number of methoxy groups -OCH3 is 2. The van der Waals surface area contributed by atoms with Gasteiger partial charge in [-0.2, -0.15) is 0 Å². The predicted octanol–water partition coefficient (Wildman–Crippen LogP) is 2.95. The van der Waals surface area contributed by atoms with Crippen molar-refractivity contribution in [1.29, 1.82) is 0 Å². The zero-order valence-electron chi connectivity index (χ0n) is 9.94. The van der Waals surface area contributed by atoms with Gasteiger partial charge in [-0.1, -0.05) is 12.1 Å². The van der Waals surface area contributed by atoms with Gasteiger partial charge in [0.25, 0.3) is 0 Å². The zero-order chi connectivity index (χ0) is 12.3. The van der Waals surface area contributed by atoms with E-state index in [0.29, 0.717) is 5.69 Å². The summed E-state index contributed by atoms with van der Waals surface area (Å²) >= 11 is 0. The highest BCUT2D eigenvalue weighted by Crippen LogP contribution is 2.28. The van der Waals surface area contributed by atoms with Crippen molar-refractivity contribution in [3.05, 3.63) is 42.5 Å². The van der Waals surface area contributed by atoms with Crippen molar-refractivity contribution in [3.8, 4) is 22.6 Å². The van der Waals surface area contributed by atoms with Gasteiger partial charge in [0.1, 0.15) is 11.5 Å². The minimum atomic E-state index is 0.690. The Kier molecular flexibility index (Phi) is 3.19. The van der Waals surface area contributed by atoms with Gasteiger partial charge in [0.15, 0.2) is 0 Å². The van der Waals surface area contributed by atoms with Gasteiger partial charge in [-0.25, -0.2) is 0 Å². The van der Waals surface area contributed by atoms with Crippen LogP contribution in [0.2, 0.25) is 0 Å². The van der Waals surface area contributed by atoms with Crippen molar-refractivity contribution >= 4 is 5.69 Å². The monoisotopic (exact) mass is 229 g/mol. The molecule has 88 valence electrons. The predicted molar refractivity (Wildman–Crippen MR) is 69.4 cm³/mol. The van der Waals surface area contributed by atoms with Gasteiger partial charge in [0, 0.05) is 11.8 Å². The van der Waals surface area contributed by atoms with E-state index in [1.807, 2.05) is 36.4 Å². The molecule has 0 saturated carbocycles. The summed E-state index contributed by atoms with van der Waals surface area (Å²) in [6.45, 7) is 0. The summed E-state index contributed by atoms with van der Waals surface area (Å²) in [6.07, 6.45) is 0.